The molecule has 0 unspecified atom stereocenters. The summed E-state index contributed by atoms with van der Waals surface area (Å²) in [5.74, 6) is 1.81. The average molecular weight is 928 g/mol. The maximum atomic E-state index is 7.38. The molecule has 4 aliphatic rings. The number of anilines is 3. The standard InChI is InChI=1S/C70H41NO2/c1-3-20-44-42(18-1)38-40-57-67(44)73-68-45-21-4-2-19-43(45)39-41-58(68)70(57)54-30-13-8-25-49(54)65-56(70)32-16-34-60(65)71(61-35-17-37-63-66(61)50-26-9-14-36-62(50)72-63)59-33-15-31-55-64(59)48-24-7-12-29-53(48)69(55)51-27-10-5-22-46(51)47-23-6-11-28-52(47)69/h1-41H. The van der Waals surface area contributed by atoms with Crippen molar-refractivity contribution in [2.75, 3.05) is 4.90 Å². The molecule has 0 amide bonds. The van der Waals surface area contributed by atoms with Gasteiger partial charge in [-0.1, -0.05) is 218 Å². The first-order chi connectivity index (χ1) is 36.2. The van der Waals surface area contributed by atoms with Gasteiger partial charge < -0.3 is 14.1 Å². The fourth-order valence-electron chi connectivity index (χ4n) is 14.3. The molecule has 0 atom stereocenters. The Balaban J connectivity index is 1.03. The molecular weight excluding hydrogens is 887 g/mol. The molecule has 12 aromatic carbocycles. The van der Waals surface area contributed by atoms with Gasteiger partial charge >= 0.3 is 0 Å². The van der Waals surface area contributed by atoms with Crippen LogP contribution in [0.3, 0.4) is 0 Å². The van der Waals surface area contributed by atoms with Crippen molar-refractivity contribution in [3.05, 3.63) is 293 Å². The van der Waals surface area contributed by atoms with E-state index in [9.17, 15) is 0 Å². The SMILES string of the molecule is c1ccc2c(c1)-c1ccccc1C21c2ccccc2-c2c(N(c3cccc4c3-c3ccccc3C43c4ccc5ccccc5c4Oc4c3ccc3ccccc43)c3cccc4oc5ccccc5c34)cccc21. The Morgan fingerprint density at radius 3 is 1.23 bits per heavy atom. The van der Waals surface area contributed by atoms with Crippen LogP contribution in [-0.4, -0.2) is 0 Å². The first kappa shape index (κ1) is 39.3. The molecule has 3 aliphatic carbocycles. The summed E-state index contributed by atoms with van der Waals surface area (Å²) in [6.45, 7) is 0. The lowest BCUT2D eigenvalue weighted by atomic mass is 9.65. The molecule has 0 radical (unpaired) electrons. The third-order valence-electron chi connectivity index (χ3n) is 16.9. The first-order valence-electron chi connectivity index (χ1n) is 25.3. The number of ether oxygens (including phenoxy) is 1. The van der Waals surface area contributed by atoms with Crippen LogP contribution >= 0.6 is 0 Å². The fraction of sp³-hybridized carbons (Fsp3) is 0.0286. The quantitative estimate of drug-likeness (QED) is 0.177. The van der Waals surface area contributed by atoms with E-state index in [0.717, 1.165) is 83.2 Å². The summed E-state index contributed by atoms with van der Waals surface area (Å²) >= 11 is 0. The van der Waals surface area contributed by atoms with Crippen molar-refractivity contribution in [1.82, 2.24) is 0 Å². The highest BCUT2D eigenvalue weighted by Gasteiger charge is 2.55. The topological polar surface area (TPSA) is 25.6 Å². The van der Waals surface area contributed by atoms with E-state index in [0.29, 0.717) is 0 Å². The van der Waals surface area contributed by atoms with Crippen LogP contribution in [0.1, 0.15) is 44.5 Å². The zero-order valence-corrected chi connectivity index (χ0v) is 39.4. The highest BCUT2D eigenvalue weighted by atomic mass is 16.5. The van der Waals surface area contributed by atoms with Gasteiger partial charge in [0.15, 0.2) is 0 Å². The van der Waals surface area contributed by atoms with Crippen molar-refractivity contribution in [2.45, 2.75) is 10.8 Å². The summed E-state index contributed by atoms with van der Waals surface area (Å²) < 4.78 is 14.1. The van der Waals surface area contributed by atoms with E-state index in [1.54, 1.807) is 0 Å². The number of hydrogen-bond acceptors (Lipinski definition) is 3. The van der Waals surface area contributed by atoms with Crippen molar-refractivity contribution in [3.8, 4) is 44.9 Å². The smallest absolute Gasteiger partial charge is 0.140 e. The van der Waals surface area contributed by atoms with Crippen molar-refractivity contribution in [3.63, 3.8) is 0 Å². The second-order valence-electron chi connectivity index (χ2n) is 20.1. The highest BCUT2D eigenvalue weighted by molar-refractivity contribution is 6.16. The molecule has 3 nitrogen and oxygen atoms in total. The summed E-state index contributed by atoms with van der Waals surface area (Å²) in [5.41, 5.74) is 21.1. The number of nitrogens with zero attached hydrogens (tertiary/aromatic N) is 1. The minimum Gasteiger partial charge on any atom is -0.456 e. The minimum absolute atomic E-state index is 0.522. The number of rotatable bonds is 3. The van der Waals surface area contributed by atoms with Gasteiger partial charge in [-0.3, -0.25) is 0 Å². The molecule has 0 fully saturated rings. The van der Waals surface area contributed by atoms with Crippen LogP contribution in [0.15, 0.2) is 253 Å². The molecule has 0 saturated heterocycles. The molecule has 1 aliphatic heterocycles. The lowest BCUT2D eigenvalue weighted by Crippen LogP contribution is -2.32. The molecule has 1 aromatic heterocycles. The second kappa shape index (κ2) is 14.1. The molecular formula is C70H41NO2. The third kappa shape index (κ3) is 4.76. The van der Waals surface area contributed by atoms with Gasteiger partial charge in [0.25, 0.3) is 0 Å². The zero-order chi connectivity index (χ0) is 47.6. The Labute approximate surface area is 421 Å². The lowest BCUT2D eigenvalue weighted by Gasteiger charge is -2.40. The van der Waals surface area contributed by atoms with E-state index in [-0.39, 0.29) is 0 Å². The van der Waals surface area contributed by atoms with Crippen LogP contribution in [0.5, 0.6) is 11.5 Å². The first-order valence-corrected chi connectivity index (χ1v) is 25.3. The summed E-state index contributed by atoms with van der Waals surface area (Å²) in [7, 11) is 0. The summed E-state index contributed by atoms with van der Waals surface area (Å²) in [6.07, 6.45) is 0. The van der Waals surface area contributed by atoms with Gasteiger partial charge in [0.05, 0.1) is 33.3 Å². The molecule has 2 heterocycles. The predicted molar refractivity (Wildman–Crippen MR) is 297 cm³/mol. The van der Waals surface area contributed by atoms with E-state index in [1.807, 2.05) is 0 Å². The Bertz CT molecular complexity index is 4440. The number of hydrogen-bond donors (Lipinski definition) is 0. The Kier molecular flexibility index (Phi) is 7.60. The van der Waals surface area contributed by atoms with Gasteiger partial charge in [-0.2, -0.15) is 0 Å². The molecule has 0 saturated carbocycles. The van der Waals surface area contributed by atoms with E-state index >= 15 is 0 Å². The largest absolute Gasteiger partial charge is 0.456 e. The van der Waals surface area contributed by atoms with Crippen molar-refractivity contribution >= 4 is 60.5 Å². The minimum atomic E-state index is -0.731. The number of furan rings is 1. The maximum absolute atomic E-state index is 7.38. The van der Waals surface area contributed by atoms with Crippen LogP contribution in [0.2, 0.25) is 0 Å². The van der Waals surface area contributed by atoms with Gasteiger partial charge in [-0.15, -0.1) is 0 Å². The normalized spacial score (nSPS) is 14.4. The van der Waals surface area contributed by atoms with Crippen LogP contribution in [0.4, 0.5) is 17.1 Å². The van der Waals surface area contributed by atoms with Crippen LogP contribution in [-0.2, 0) is 10.8 Å². The van der Waals surface area contributed by atoms with Gasteiger partial charge in [0, 0.05) is 38.4 Å². The average Bonchev–Trinajstić information content (AvgIpc) is 4.22. The van der Waals surface area contributed by atoms with Crippen LogP contribution in [0, 0.1) is 0 Å². The second-order valence-corrected chi connectivity index (χ2v) is 20.1. The summed E-state index contributed by atoms with van der Waals surface area (Å²) in [5, 5.41) is 6.65. The van der Waals surface area contributed by atoms with Gasteiger partial charge in [0.1, 0.15) is 22.7 Å². The molecule has 3 heteroatoms. The number of benzene rings is 12. The van der Waals surface area contributed by atoms with E-state index in [2.05, 4.69) is 254 Å². The van der Waals surface area contributed by atoms with Gasteiger partial charge in [-0.25, -0.2) is 0 Å². The maximum Gasteiger partial charge on any atom is 0.140 e. The van der Waals surface area contributed by atoms with Crippen molar-refractivity contribution in [2.24, 2.45) is 0 Å². The van der Waals surface area contributed by atoms with Crippen LogP contribution in [0.25, 0.3) is 76.9 Å². The molecule has 2 spiro atoms. The van der Waals surface area contributed by atoms with Gasteiger partial charge in [-0.05, 0) is 96.7 Å². The Hall–Kier alpha value is -9.44. The zero-order valence-electron chi connectivity index (χ0n) is 39.4. The van der Waals surface area contributed by atoms with E-state index in [1.165, 1.54) is 66.8 Å². The number of para-hydroxylation sites is 1. The van der Waals surface area contributed by atoms with E-state index < -0.39 is 10.8 Å². The van der Waals surface area contributed by atoms with Gasteiger partial charge in [0.2, 0.25) is 0 Å². The summed E-state index contributed by atoms with van der Waals surface area (Å²) in [4.78, 5) is 2.59. The third-order valence-corrected chi connectivity index (χ3v) is 16.9. The molecule has 0 bridgehead atoms. The van der Waals surface area contributed by atoms with Crippen LogP contribution < -0.4 is 9.64 Å². The molecule has 338 valence electrons. The molecule has 13 aromatic rings. The molecule has 73 heavy (non-hydrogen) atoms. The molecule has 0 N–H and O–H groups in total. The monoisotopic (exact) mass is 927 g/mol. The Morgan fingerprint density at radius 1 is 0.274 bits per heavy atom. The summed E-state index contributed by atoms with van der Waals surface area (Å²) in [6, 6.07) is 92.2. The number of fused-ring (bicyclic) bond motifs is 26. The lowest BCUT2D eigenvalue weighted by molar-refractivity contribution is 0.447. The Morgan fingerprint density at radius 2 is 0.671 bits per heavy atom. The van der Waals surface area contributed by atoms with Crippen molar-refractivity contribution < 1.29 is 9.15 Å². The fourth-order valence-corrected chi connectivity index (χ4v) is 14.3. The van der Waals surface area contributed by atoms with E-state index in [4.69, 9.17) is 9.15 Å². The van der Waals surface area contributed by atoms with Crippen molar-refractivity contribution in [1.29, 1.82) is 0 Å². The predicted octanol–water partition coefficient (Wildman–Crippen LogP) is 18.2. The molecule has 17 rings (SSSR count). The highest BCUT2D eigenvalue weighted by Crippen LogP contribution is 2.68.